The van der Waals surface area contributed by atoms with Gasteiger partial charge in [-0.15, -0.1) is 0 Å². The third-order valence-corrected chi connectivity index (χ3v) is 6.16. The number of phenols is 1. The molecule has 3 heterocycles. The normalized spacial score (nSPS) is 18.4. The molecule has 4 rings (SSSR count). The molecule has 0 atom stereocenters. The van der Waals surface area contributed by atoms with Crippen LogP contribution in [0.4, 0.5) is 27.5 Å². The predicted octanol–water partition coefficient (Wildman–Crippen LogP) is 0.529. The van der Waals surface area contributed by atoms with Crippen LogP contribution in [0.25, 0.3) is 0 Å². The molecule has 2 fully saturated rings. The van der Waals surface area contributed by atoms with Crippen LogP contribution >= 0.6 is 0 Å². The number of aromatic nitrogens is 2. The number of hydrogen-bond acceptors (Lipinski definition) is 8. The van der Waals surface area contributed by atoms with Crippen LogP contribution in [0.5, 0.6) is 5.75 Å². The highest BCUT2D eigenvalue weighted by atomic mass is 32.2. The van der Waals surface area contributed by atoms with Gasteiger partial charge in [-0.25, -0.2) is 13.4 Å². The van der Waals surface area contributed by atoms with Crippen LogP contribution in [0, 0.1) is 5.82 Å². The Bertz CT molecular complexity index is 1140. The van der Waals surface area contributed by atoms with Crippen LogP contribution in [0.2, 0.25) is 0 Å². The Kier molecular flexibility index (Phi) is 4.97. The lowest BCUT2D eigenvalue weighted by Crippen LogP contribution is -2.31. The maximum absolute atomic E-state index is 14.6. The minimum Gasteiger partial charge on any atom is -0.506 e. The fourth-order valence-corrected chi connectivity index (χ4v) is 4.65. The summed E-state index contributed by atoms with van der Waals surface area (Å²) in [6, 6.07) is 3.38. The third-order valence-electron chi connectivity index (χ3n) is 4.78. The van der Waals surface area contributed by atoms with Crippen molar-refractivity contribution in [1.29, 1.82) is 0 Å². The highest BCUT2D eigenvalue weighted by Crippen LogP contribution is 2.36. The molecule has 2 aliphatic heterocycles. The lowest BCUT2D eigenvalue weighted by molar-refractivity contribution is -0.117. The number of H-pyrrole nitrogens is 1. The number of carbonyl (C=O) groups is 1. The molecule has 11 nitrogen and oxygen atoms in total. The Balaban J connectivity index is 1.63. The van der Waals surface area contributed by atoms with E-state index >= 15 is 0 Å². The zero-order valence-corrected chi connectivity index (χ0v) is 16.5. The number of aromatic amines is 1. The van der Waals surface area contributed by atoms with Crippen LogP contribution in [-0.4, -0.2) is 49.0 Å². The Hall–Kier alpha value is -3.35. The van der Waals surface area contributed by atoms with Crippen LogP contribution in [0.3, 0.4) is 0 Å². The summed E-state index contributed by atoms with van der Waals surface area (Å²) in [4.78, 5) is 32.2. The van der Waals surface area contributed by atoms with E-state index in [0.717, 1.165) is 44.5 Å². The van der Waals surface area contributed by atoms with E-state index in [-0.39, 0.29) is 11.6 Å². The molecule has 0 aliphatic carbocycles. The van der Waals surface area contributed by atoms with Gasteiger partial charge in [0.1, 0.15) is 23.8 Å². The molecule has 2 aromatic rings. The average molecular weight is 438 g/mol. The first-order valence-electron chi connectivity index (χ1n) is 9.22. The highest BCUT2D eigenvalue weighted by Gasteiger charge is 2.37. The van der Waals surface area contributed by atoms with Gasteiger partial charge < -0.3 is 15.3 Å². The second-order valence-corrected chi connectivity index (χ2v) is 8.58. The average Bonchev–Trinajstić information content (AvgIpc) is 2.93. The smallest absolute Gasteiger partial charge is 0.326 e. The third kappa shape index (κ3) is 3.87. The molecule has 4 N–H and O–H groups in total. The molecule has 0 radical (unpaired) electrons. The van der Waals surface area contributed by atoms with Gasteiger partial charge in [0.05, 0.1) is 0 Å². The van der Waals surface area contributed by atoms with Crippen molar-refractivity contribution in [3.8, 4) is 5.75 Å². The number of phenolic OH excluding ortho intramolecular Hbond substituents is 1. The maximum atomic E-state index is 14.6. The first kappa shape index (κ1) is 19.9. The number of piperidine rings is 1. The van der Waals surface area contributed by atoms with E-state index in [0.29, 0.717) is 10.1 Å². The predicted molar refractivity (Wildman–Crippen MR) is 107 cm³/mol. The Labute approximate surface area is 170 Å². The van der Waals surface area contributed by atoms with Crippen molar-refractivity contribution >= 4 is 39.3 Å². The summed E-state index contributed by atoms with van der Waals surface area (Å²) in [5.74, 6) is -2.10. The summed E-state index contributed by atoms with van der Waals surface area (Å²) in [7, 11) is -4.28. The molecule has 13 heteroatoms. The molecule has 0 spiro atoms. The van der Waals surface area contributed by atoms with Crippen molar-refractivity contribution in [2.45, 2.75) is 19.3 Å². The number of nitrogens with one attached hydrogen (secondary N) is 3. The number of hydrogen-bond donors (Lipinski definition) is 4. The Morgan fingerprint density at radius 1 is 1.13 bits per heavy atom. The number of halogens is 1. The van der Waals surface area contributed by atoms with E-state index in [4.69, 9.17) is 0 Å². The topological polar surface area (TPSA) is 148 Å². The van der Waals surface area contributed by atoms with Gasteiger partial charge in [-0.1, -0.05) is 0 Å². The molecule has 0 saturated carbocycles. The second kappa shape index (κ2) is 7.48. The van der Waals surface area contributed by atoms with Crippen molar-refractivity contribution in [1.82, 2.24) is 14.7 Å². The van der Waals surface area contributed by atoms with Gasteiger partial charge >= 0.3 is 10.2 Å². The van der Waals surface area contributed by atoms with E-state index in [1.165, 1.54) is 6.07 Å². The number of nitrogens with zero attached hydrogens (tertiary/aromatic N) is 3. The van der Waals surface area contributed by atoms with Crippen molar-refractivity contribution in [3.05, 3.63) is 34.4 Å². The highest BCUT2D eigenvalue weighted by molar-refractivity contribution is 7.92. The molecular weight excluding hydrogens is 419 g/mol. The molecule has 2 aliphatic rings. The van der Waals surface area contributed by atoms with Gasteiger partial charge in [-0.3, -0.25) is 14.6 Å². The van der Waals surface area contributed by atoms with Crippen molar-refractivity contribution in [2.24, 2.45) is 0 Å². The fraction of sp³-hybridized carbons (Fsp3) is 0.353. The Morgan fingerprint density at radius 3 is 2.50 bits per heavy atom. The second-order valence-electron chi connectivity index (χ2n) is 6.99. The minimum atomic E-state index is -4.28. The fourth-order valence-electron chi connectivity index (χ4n) is 3.48. The molecule has 1 aromatic heterocycles. The van der Waals surface area contributed by atoms with E-state index in [9.17, 15) is 27.5 Å². The number of anilines is 4. The zero-order valence-electron chi connectivity index (χ0n) is 15.7. The number of amides is 1. The molecule has 0 unspecified atom stereocenters. The van der Waals surface area contributed by atoms with Gasteiger partial charge in [0.25, 0.3) is 11.5 Å². The standard InChI is InChI=1S/C17H19FN6O5S/c18-11-6-10(7-12(25)16(11)24-9-15(27)22-30(24,28)29)19-17-20-13(8-14(26)21-17)23-4-2-1-3-5-23/h6-8,25H,1-5,9H2,(H,22,27)(H2,19,20,21,26). The van der Waals surface area contributed by atoms with Crippen molar-refractivity contribution in [3.63, 3.8) is 0 Å². The lowest BCUT2D eigenvalue weighted by atomic mass is 10.1. The SMILES string of the molecule is O=C1CN(c2c(O)cc(Nc3nc(N4CCCCC4)cc(=O)[nH]3)cc2F)S(=O)(=O)N1. The van der Waals surface area contributed by atoms with Gasteiger partial charge in [0, 0.05) is 30.9 Å². The van der Waals surface area contributed by atoms with E-state index < -0.39 is 45.5 Å². The number of aromatic hydroxyl groups is 1. The maximum Gasteiger partial charge on any atom is 0.326 e. The van der Waals surface area contributed by atoms with Gasteiger partial charge in [-0.05, 0) is 25.3 Å². The monoisotopic (exact) mass is 438 g/mol. The van der Waals surface area contributed by atoms with Crippen LogP contribution in [0.15, 0.2) is 23.0 Å². The molecule has 2 saturated heterocycles. The molecule has 160 valence electrons. The molecular formula is C17H19FN6O5S. The molecule has 0 bridgehead atoms. The largest absolute Gasteiger partial charge is 0.506 e. The van der Waals surface area contributed by atoms with E-state index in [2.05, 4.69) is 15.3 Å². The minimum absolute atomic E-state index is 0.0311. The Morgan fingerprint density at radius 2 is 1.87 bits per heavy atom. The first-order chi connectivity index (χ1) is 14.2. The van der Waals surface area contributed by atoms with Crippen LogP contribution in [0.1, 0.15) is 19.3 Å². The summed E-state index contributed by atoms with van der Waals surface area (Å²) < 4.78 is 40.6. The molecule has 1 aromatic carbocycles. The summed E-state index contributed by atoms with van der Waals surface area (Å²) in [6.07, 6.45) is 3.10. The van der Waals surface area contributed by atoms with Gasteiger partial charge in [0.15, 0.2) is 5.82 Å². The summed E-state index contributed by atoms with van der Waals surface area (Å²) in [6.45, 7) is 0.903. The summed E-state index contributed by atoms with van der Waals surface area (Å²) in [5, 5.41) is 12.9. The van der Waals surface area contributed by atoms with Crippen molar-refractivity contribution < 1.29 is 22.7 Å². The van der Waals surface area contributed by atoms with E-state index in [1.54, 1.807) is 4.72 Å². The summed E-state index contributed by atoms with van der Waals surface area (Å²) in [5.41, 5.74) is -1.02. The molecule has 1 amide bonds. The quantitative estimate of drug-likeness (QED) is 0.540. The van der Waals surface area contributed by atoms with Gasteiger partial charge in [-0.2, -0.15) is 13.4 Å². The zero-order chi connectivity index (χ0) is 21.5. The van der Waals surface area contributed by atoms with Crippen molar-refractivity contribution in [2.75, 3.05) is 34.2 Å². The molecule has 30 heavy (non-hydrogen) atoms. The van der Waals surface area contributed by atoms with Crippen LogP contribution < -0.4 is 24.8 Å². The van der Waals surface area contributed by atoms with E-state index in [1.807, 2.05) is 4.90 Å². The summed E-state index contributed by atoms with van der Waals surface area (Å²) >= 11 is 0. The number of benzene rings is 1. The first-order valence-corrected chi connectivity index (χ1v) is 10.7. The number of rotatable bonds is 4. The van der Waals surface area contributed by atoms with Gasteiger partial charge in [0.2, 0.25) is 5.95 Å². The van der Waals surface area contributed by atoms with Crippen LogP contribution in [-0.2, 0) is 15.0 Å². The number of carbonyl (C=O) groups excluding carboxylic acids is 1. The lowest BCUT2D eigenvalue weighted by Gasteiger charge is -2.27.